The van der Waals surface area contributed by atoms with Crippen molar-refractivity contribution in [3.63, 3.8) is 0 Å². The number of aromatic nitrogens is 1. The van der Waals surface area contributed by atoms with Crippen molar-refractivity contribution < 1.29 is 10.3 Å². The monoisotopic (exact) mass is 263 g/mol. The summed E-state index contributed by atoms with van der Waals surface area (Å²) in [5, 5.41) is 19.5. The van der Waals surface area contributed by atoms with Crippen molar-refractivity contribution in [1.29, 1.82) is 0 Å². The van der Waals surface area contributed by atoms with Gasteiger partial charge < -0.3 is 10.3 Å². The molecule has 1 saturated carbocycles. The van der Waals surface area contributed by atoms with Gasteiger partial charge in [-0.05, 0) is 30.6 Å². The van der Waals surface area contributed by atoms with E-state index in [0.29, 0.717) is 16.2 Å². The molecule has 0 aliphatic heterocycles. The van der Waals surface area contributed by atoms with Gasteiger partial charge in [-0.15, -0.1) is 6.58 Å². The molecule has 104 valence electrons. The topological polar surface area (TPSA) is 62.5 Å². The van der Waals surface area contributed by atoms with Crippen molar-refractivity contribution in [3.05, 3.63) is 40.8 Å². The number of aromatic hydroxyl groups is 1. The number of pyridine rings is 1. The van der Waals surface area contributed by atoms with E-state index in [-0.39, 0.29) is 23.5 Å². The van der Waals surface area contributed by atoms with Gasteiger partial charge in [0.25, 0.3) is 5.56 Å². The first kappa shape index (κ1) is 13.7. The summed E-state index contributed by atoms with van der Waals surface area (Å²) in [7, 11) is 0. The largest absolute Gasteiger partial charge is 0.507 e. The molecule has 4 atom stereocenters. The van der Waals surface area contributed by atoms with Crippen molar-refractivity contribution in [2.75, 3.05) is 0 Å². The van der Waals surface area contributed by atoms with Crippen molar-refractivity contribution in [2.24, 2.45) is 17.8 Å². The van der Waals surface area contributed by atoms with Gasteiger partial charge in [-0.1, -0.05) is 19.9 Å². The molecule has 1 aromatic rings. The molecule has 2 rings (SSSR count). The second kappa shape index (κ2) is 5.11. The maximum Gasteiger partial charge on any atom is 0.290 e. The lowest BCUT2D eigenvalue weighted by Gasteiger charge is -2.38. The minimum atomic E-state index is -0.529. The van der Waals surface area contributed by atoms with Crippen LogP contribution >= 0.6 is 0 Å². The Morgan fingerprint density at radius 3 is 2.74 bits per heavy atom. The molecule has 0 saturated heterocycles. The van der Waals surface area contributed by atoms with Crippen LogP contribution in [0.15, 0.2) is 29.7 Å². The van der Waals surface area contributed by atoms with Gasteiger partial charge in [0.2, 0.25) is 0 Å². The fourth-order valence-electron chi connectivity index (χ4n) is 3.50. The van der Waals surface area contributed by atoms with Gasteiger partial charge >= 0.3 is 0 Å². The summed E-state index contributed by atoms with van der Waals surface area (Å²) in [5.41, 5.74) is -0.215. The summed E-state index contributed by atoms with van der Waals surface area (Å²) in [6.45, 7) is 8.14. The lowest BCUT2D eigenvalue weighted by Crippen LogP contribution is -2.33. The zero-order chi connectivity index (χ0) is 14.2. The number of hydrogen-bond acceptors (Lipinski definition) is 3. The number of allylic oxidation sites excluding steroid dienone is 1. The average molecular weight is 263 g/mol. The van der Waals surface area contributed by atoms with Crippen LogP contribution in [0, 0.1) is 17.8 Å². The number of rotatable bonds is 2. The van der Waals surface area contributed by atoms with Crippen LogP contribution in [0.25, 0.3) is 0 Å². The third-order valence-electron chi connectivity index (χ3n) is 4.25. The van der Waals surface area contributed by atoms with Gasteiger partial charge in [-0.3, -0.25) is 4.79 Å². The summed E-state index contributed by atoms with van der Waals surface area (Å²) in [6.07, 6.45) is 5.00. The second-order valence-electron chi connectivity index (χ2n) is 5.74. The van der Waals surface area contributed by atoms with Crippen molar-refractivity contribution >= 4 is 0 Å². The molecule has 0 bridgehead atoms. The summed E-state index contributed by atoms with van der Waals surface area (Å²) in [4.78, 5) is 12.1. The van der Waals surface area contributed by atoms with Crippen LogP contribution in [-0.4, -0.2) is 15.0 Å². The summed E-state index contributed by atoms with van der Waals surface area (Å²) < 4.78 is 0.542. The van der Waals surface area contributed by atoms with E-state index < -0.39 is 5.56 Å². The van der Waals surface area contributed by atoms with Gasteiger partial charge in [-0.2, -0.15) is 4.73 Å². The molecule has 2 N–H and O–H groups in total. The molecule has 1 aromatic heterocycles. The van der Waals surface area contributed by atoms with Crippen LogP contribution in [-0.2, 0) is 0 Å². The third-order valence-corrected chi connectivity index (χ3v) is 4.25. The molecule has 4 nitrogen and oxygen atoms in total. The van der Waals surface area contributed by atoms with Crippen LogP contribution in [0.4, 0.5) is 0 Å². The molecular weight excluding hydrogens is 242 g/mol. The smallest absolute Gasteiger partial charge is 0.290 e. The predicted molar refractivity (Wildman–Crippen MR) is 73.5 cm³/mol. The van der Waals surface area contributed by atoms with Crippen LogP contribution in [0.1, 0.15) is 38.2 Å². The molecule has 1 aliphatic carbocycles. The molecule has 1 aliphatic rings. The van der Waals surface area contributed by atoms with Crippen molar-refractivity contribution in [2.45, 2.75) is 32.6 Å². The number of hydrogen-bond donors (Lipinski definition) is 2. The van der Waals surface area contributed by atoms with E-state index in [1.54, 1.807) is 0 Å². The van der Waals surface area contributed by atoms with Gasteiger partial charge in [0, 0.05) is 12.0 Å². The summed E-state index contributed by atoms with van der Waals surface area (Å²) >= 11 is 0. The molecule has 4 heteroatoms. The van der Waals surface area contributed by atoms with Gasteiger partial charge in [-0.25, -0.2) is 0 Å². The highest BCUT2D eigenvalue weighted by Crippen LogP contribution is 2.45. The molecular formula is C15H21NO3. The Morgan fingerprint density at radius 1 is 1.42 bits per heavy atom. The second-order valence-corrected chi connectivity index (χ2v) is 5.74. The van der Waals surface area contributed by atoms with Crippen LogP contribution < -0.4 is 5.56 Å². The fourth-order valence-corrected chi connectivity index (χ4v) is 3.50. The molecule has 0 spiro atoms. The lowest BCUT2D eigenvalue weighted by atomic mass is 9.66. The fraction of sp³-hybridized carbons (Fsp3) is 0.533. The average Bonchev–Trinajstić information content (AvgIpc) is 2.36. The Balaban J connectivity index is 2.53. The van der Waals surface area contributed by atoms with E-state index in [4.69, 9.17) is 0 Å². The van der Waals surface area contributed by atoms with E-state index in [1.165, 1.54) is 12.3 Å². The van der Waals surface area contributed by atoms with Crippen molar-refractivity contribution in [3.8, 4) is 5.75 Å². The molecule has 1 unspecified atom stereocenters. The van der Waals surface area contributed by atoms with E-state index >= 15 is 0 Å². The summed E-state index contributed by atoms with van der Waals surface area (Å²) in [5.74, 6) is 0.887. The van der Waals surface area contributed by atoms with Crippen LogP contribution in [0.5, 0.6) is 5.75 Å². The highest BCUT2D eigenvalue weighted by molar-refractivity contribution is 5.34. The highest BCUT2D eigenvalue weighted by Gasteiger charge is 2.36. The normalized spacial score (nSPS) is 31.1. The Labute approximate surface area is 113 Å². The first-order valence-electron chi connectivity index (χ1n) is 6.72. The van der Waals surface area contributed by atoms with Gasteiger partial charge in [0.05, 0.1) is 11.8 Å². The van der Waals surface area contributed by atoms with Gasteiger partial charge in [0.15, 0.2) is 0 Å². The highest BCUT2D eigenvalue weighted by atomic mass is 16.5. The third kappa shape index (κ3) is 2.39. The van der Waals surface area contributed by atoms with Gasteiger partial charge in [0.1, 0.15) is 5.75 Å². The van der Waals surface area contributed by atoms with E-state index in [0.717, 1.165) is 12.8 Å². The molecule has 0 aromatic carbocycles. The zero-order valence-electron chi connectivity index (χ0n) is 11.4. The number of nitrogens with zero attached hydrogens (tertiary/aromatic N) is 1. The standard InChI is InChI=1S/C15H21NO3/c1-4-11-8-9(2)7-10(3)13(11)14-12(17)5-6-16(19)15(14)18/h4-6,9-11,13,17,19H,1,7-8H2,2-3H3/t9-,10+,11-,13?/m0/s1. The Morgan fingerprint density at radius 2 is 2.11 bits per heavy atom. The first-order chi connectivity index (χ1) is 8.95. The maximum atomic E-state index is 12.1. The molecule has 0 amide bonds. The molecule has 1 heterocycles. The Bertz CT molecular complexity index is 535. The molecule has 19 heavy (non-hydrogen) atoms. The summed E-state index contributed by atoms with van der Waals surface area (Å²) in [6, 6.07) is 1.36. The van der Waals surface area contributed by atoms with Crippen LogP contribution in [0.2, 0.25) is 0 Å². The Hall–Kier alpha value is -1.71. The minimum Gasteiger partial charge on any atom is -0.507 e. The first-order valence-corrected chi connectivity index (χ1v) is 6.72. The lowest BCUT2D eigenvalue weighted by molar-refractivity contribution is 0.164. The quantitative estimate of drug-likeness (QED) is 0.637. The molecule has 0 radical (unpaired) electrons. The van der Waals surface area contributed by atoms with Crippen molar-refractivity contribution in [1.82, 2.24) is 4.73 Å². The van der Waals surface area contributed by atoms with Crippen LogP contribution in [0.3, 0.4) is 0 Å². The minimum absolute atomic E-state index is 0.0337. The SMILES string of the molecule is C=C[C@H]1C[C@@H](C)C[C@@H](C)C1c1c(O)ccn(O)c1=O. The van der Waals surface area contributed by atoms with E-state index in [2.05, 4.69) is 20.4 Å². The van der Waals surface area contributed by atoms with E-state index in [1.807, 2.05) is 6.08 Å². The maximum absolute atomic E-state index is 12.1. The predicted octanol–water partition coefficient (Wildman–Crippen LogP) is 2.74. The zero-order valence-corrected chi connectivity index (χ0v) is 11.4. The van der Waals surface area contributed by atoms with E-state index in [9.17, 15) is 15.1 Å². The Kier molecular flexibility index (Phi) is 3.69. The molecule has 1 fully saturated rings.